The number of carboxylic acid groups (broad SMARTS) is 1. The normalized spacial score (nSPS) is 18.1. The molecule has 5 nitrogen and oxygen atoms in total. The molecule has 102 valence electrons. The molecular formula is C13H15BrN2O3. The Morgan fingerprint density at radius 3 is 2.47 bits per heavy atom. The van der Waals surface area contributed by atoms with Crippen molar-refractivity contribution in [3.05, 3.63) is 28.5 Å². The van der Waals surface area contributed by atoms with Gasteiger partial charge in [0.25, 0.3) is 5.91 Å². The van der Waals surface area contributed by atoms with E-state index >= 15 is 0 Å². The molecule has 0 spiro atoms. The number of carboxylic acids is 1. The van der Waals surface area contributed by atoms with Gasteiger partial charge in [-0.25, -0.2) is 4.98 Å². The summed E-state index contributed by atoms with van der Waals surface area (Å²) in [6.07, 6.45) is 2.49. The Balaban J connectivity index is 2.04. The third-order valence-electron chi connectivity index (χ3n) is 3.64. The van der Waals surface area contributed by atoms with Crippen LogP contribution in [-0.2, 0) is 4.79 Å². The molecule has 0 saturated carbocycles. The van der Waals surface area contributed by atoms with Crippen molar-refractivity contribution < 1.29 is 14.7 Å². The van der Waals surface area contributed by atoms with Gasteiger partial charge in [0.05, 0.1) is 11.0 Å². The van der Waals surface area contributed by atoms with E-state index in [2.05, 4.69) is 20.9 Å². The summed E-state index contributed by atoms with van der Waals surface area (Å²) < 4.78 is 0.682. The number of pyridine rings is 1. The highest BCUT2D eigenvalue weighted by atomic mass is 79.9. The quantitative estimate of drug-likeness (QED) is 0.845. The number of hydrogen-bond donors (Lipinski definition) is 1. The number of carbonyl (C=O) groups excluding carboxylic acids is 1. The zero-order valence-corrected chi connectivity index (χ0v) is 12.2. The molecule has 1 amide bonds. The number of aromatic nitrogens is 1. The highest BCUT2D eigenvalue weighted by Crippen LogP contribution is 2.31. The first-order valence-corrected chi connectivity index (χ1v) is 6.86. The largest absolute Gasteiger partial charge is 0.481 e. The molecule has 1 N–H and O–H groups in total. The van der Waals surface area contributed by atoms with Gasteiger partial charge in [-0.05, 0) is 47.8 Å². The topological polar surface area (TPSA) is 70.5 Å². The van der Waals surface area contributed by atoms with Crippen LogP contribution < -0.4 is 0 Å². The predicted molar refractivity (Wildman–Crippen MR) is 72.8 cm³/mol. The van der Waals surface area contributed by atoms with Crippen molar-refractivity contribution in [3.63, 3.8) is 0 Å². The smallest absolute Gasteiger partial charge is 0.309 e. The summed E-state index contributed by atoms with van der Waals surface area (Å²) in [5, 5.41) is 9.15. The fraction of sp³-hybridized carbons (Fsp3) is 0.462. The lowest BCUT2D eigenvalue weighted by Crippen LogP contribution is -2.45. The Kier molecular flexibility index (Phi) is 3.89. The average molecular weight is 327 g/mol. The van der Waals surface area contributed by atoms with E-state index in [0.29, 0.717) is 36.1 Å². The number of rotatable bonds is 2. The van der Waals surface area contributed by atoms with E-state index in [1.165, 1.54) is 6.20 Å². The summed E-state index contributed by atoms with van der Waals surface area (Å²) in [7, 11) is 0. The zero-order valence-electron chi connectivity index (χ0n) is 10.6. The van der Waals surface area contributed by atoms with Gasteiger partial charge in [0.15, 0.2) is 0 Å². The van der Waals surface area contributed by atoms with Crippen LogP contribution in [0.2, 0.25) is 0 Å². The van der Waals surface area contributed by atoms with E-state index in [-0.39, 0.29) is 5.91 Å². The maximum Gasteiger partial charge on any atom is 0.309 e. The lowest BCUT2D eigenvalue weighted by Gasteiger charge is -2.36. The molecular weight excluding hydrogens is 312 g/mol. The van der Waals surface area contributed by atoms with Crippen LogP contribution in [0.15, 0.2) is 22.9 Å². The van der Waals surface area contributed by atoms with Crippen LogP contribution in [0.5, 0.6) is 0 Å². The van der Waals surface area contributed by atoms with Gasteiger partial charge in [-0.3, -0.25) is 9.59 Å². The number of aliphatic carboxylic acids is 1. The average Bonchev–Trinajstić information content (AvgIpc) is 2.39. The molecule has 19 heavy (non-hydrogen) atoms. The number of nitrogens with zero attached hydrogens (tertiary/aromatic N) is 2. The fourth-order valence-corrected chi connectivity index (χ4v) is 2.34. The molecule has 0 aliphatic carbocycles. The first-order valence-electron chi connectivity index (χ1n) is 6.07. The van der Waals surface area contributed by atoms with Crippen LogP contribution in [0.25, 0.3) is 0 Å². The van der Waals surface area contributed by atoms with Gasteiger partial charge < -0.3 is 10.0 Å². The second-order valence-electron chi connectivity index (χ2n) is 5.03. The maximum absolute atomic E-state index is 12.2. The second kappa shape index (κ2) is 5.28. The minimum Gasteiger partial charge on any atom is -0.481 e. The lowest BCUT2D eigenvalue weighted by atomic mass is 9.80. The van der Waals surface area contributed by atoms with Gasteiger partial charge in [0.1, 0.15) is 4.60 Å². The second-order valence-corrected chi connectivity index (χ2v) is 5.84. The van der Waals surface area contributed by atoms with Crippen molar-refractivity contribution in [3.8, 4) is 0 Å². The first-order chi connectivity index (χ1) is 8.92. The van der Waals surface area contributed by atoms with Crippen molar-refractivity contribution in [1.29, 1.82) is 0 Å². The zero-order chi connectivity index (χ0) is 14.0. The predicted octanol–water partition coefficient (Wildman–Crippen LogP) is 2.17. The Bertz CT molecular complexity index is 493. The van der Waals surface area contributed by atoms with Crippen LogP contribution in [0.4, 0.5) is 0 Å². The number of piperidine rings is 1. The molecule has 0 aromatic carbocycles. The molecule has 1 aliphatic rings. The van der Waals surface area contributed by atoms with Crippen LogP contribution >= 0.6 is 15.9 Å². The van der Waals surface area contributed by atoms with E-state index in [0.717, 1.165) is 0 Å². The van der Waals surface area contributed by atoms with Gasteiger partial charge in [0, 0.05) is 19.3 Å². The number of hydrogen-bond acceptors (Lipinski definition) is 3. The number of carbonyl (C=O) groups is 2. The molecule has 2 rings (SSSR count). The molecule has 6 heteroatoms. The van der Waals surface area contributed by atoms with E-state index in [9.17, 15) is 9.59 Å². The van der Waals surface area contributed by atoms with Crippen molar-refractivity contribution in [1.82, 2.24) is 9.88 Å². The molecule has 0 unspecified atom stereocenters. The molecule has 1 aromatic heterocycles. The minimum absolute atomic E-state index is 0.0903. The molecule has 1 aliphatic heterocycles. The minimum atomic E-state index is -0.787. The van der Waals surface area contributed by atoms with Crippen LogP contribution in [-0.4, -0.2) is 40.0 Å². The first kappa shape index (κ1) is 14.0. The molecule has 1 fully saturated rings. The molecule has 0 atom stereocenters. The third-order valence-corrected chi connectivity index (χ3v) is 4.11. The third kappa shape index (κ3) is 2.94. The van der Waals surface area contributed by atoms with E-state index in [1.807, 2.05) is 0 Å². The summed E-state index contributed by atoms with van der Waals surface area (Å²) in [4.78, 5) is 29.1. The summed E-state index contributed by atoms with van der Waals surface area (Å²) >= 11 is 3.22. The fourth-order valence-electron chi connectivity index (χ4n) is 2.10. The van der Waals surface area contributed by atoms with Crippen molar-refractivity contribution >= 4 is 27.8 Å². The van der Waals surface area contributed by atoms with Gasteiger partial charge in [-0.1, -0.05) is 0 Å². The van der Waals surface area contributed by atoms with Crippen molar-refractivity contribution in [2.45, 2.75) is 19.8 Å². The summed E-state index contributed by atoms with van der Waals surface area (Å²) in [5.41, 5.74) is -0.184. The lowest BCUT2D eigenvalue weighted by molar-refractivity contribution is -0.150. The van der Waals surface area contributed by atoms with Crippen LogP contribution in [0.3, 0.4) is 0 Å². The monoisotopic (exact) mass is 326 g/mol. The van der Waals surface area contributed by atoms with Gasteiger partial charge in [0.2, 0.25) is 0 Å². The highest BCUT2D eigenvalue weighted by Gasteiger charge is 2.38. The molecule has 0 radical (unpaired) electrons. The standard InChI is InChI=1S/C13H15BrN2O3/c1-13(12(18)19)4-6-16(7-5-13)11(17)9-2-3-10(14)15-8-9/h2-3,8H,4-7H2,1H3,(H,18,19). The van der Waals surface area contributed by atoms with E-state index in [4.69, 9.17) is 5.11 Å². The summed E-state index contributed by atoms with van der Waals surface area (Å²) in [6, 6.07) is 3.43. The Hall–Kier alpha value is -1.43. The Morgan fingerprint density at radius 1 is 1.37 bits per heavy atom. The summed E-state index contributed by atoms with van der Waals surface area (Å²) in [6.45, 7) is 2.67. The Labute approximate surface area is 119 Å². The van der Waals surface area contributed by atoms with Crippen molar-refractivity contribution in [2.75, 3.05) is 13.1 Å². The molecule has 2 heterocycles. The highest BCUT2D eigenvalue weighted by molar-refractivity contribution is 9.10. The van der Waals surface area contributed by atoms with Gasteiger partial charge in [-0.2, -0.15) is 0 Å². The number of halogens is 1. The van der Waals surface area contributed by atoms with Gasteiger partial charge in [-0.15, -0.1) is 0 Å². The van der Waals surface area contributed by atoms with Crippen LogP contribution in [0.1, 0.15) is 30.1 Å². The Morgan fingerprint density at radius 2 is 2.00 bits per heavy atom. The summed E-state index contributed by atoms with van der Waals surface area (Å²) in [5.74, 6) is -0.877. The van der Waals surface area contributed by atoms with Crippen molar-refractivity contribution in [2.24, 2.45) is 5.41 Å². The number of amides is 1. The van der Waals surface area contributed by atoms with Crippen LogP contribution in [0, 0.1) is 5.41 Å². The SMILES string of the molecule is CC1(C(=O)O)CCN(C(=O)c2ccc(Br)nc2)CC1. The van der Waals surface area contributed by atoms with E-state index < -0.39 is 11.4 Å². The van der Waals surface area contributed by atoms with E-state index in [1.54, 1.807) is 24.0 Å². The van der Waals surface area contributed by atoms with Gasteiger partial charge >= 0.3 is 5.97 Å². The molecule has 1 saturated heterocycles. The number of likely N-dealkylation sites (tertiary alicyclic amines) is 1. The maximum atomic E-state index is 12.2. The molecule has 0 bridgehead atoms. The molecule has 1 aromatic rings.